The zero-order valence-corrected chi connectivity index (χ0v) is 18.8. The Labute approximate surface area is 188 Å². The number of likely N-dealkylation sites (tertiary alicyclic amines) is 1. The monoisotopic (exact) mass is 445 g/mol. The zero-order chi connectivity index (χ0) is 23.6. The Balaban J connectivity index is 1.75. The summed E-state index contributed by atoms with van der Waals surface area (Å²) in [6.07, 6.45) is 2.94. The highest BCUT2D eigenvalue weighted by molar-refractivity contribution is 6.05. The maximum atomic E-state index is 13.5. The van der Waals surface area contributed by atoms with Crippen LogP contribution in [0, 0.1) is 23.6 Å². The molecule has 1 fully saturated rings. The number of phenolic OH excluding ortho intramolecular Hbond substituents is 1. The highest BCUT2D eigenvalue weighted by atomic mass is 19.1. The number of nitrogens with zero attached hydrogens (tertiary/aromatic N) is 1. The smallest absolute Gasteiger partial charge is 0.233 e. The van der Waals surface area contributed by atoms with Crippen LogP contribution < -0.4 is 0 Å². The third-order valence-corrected chi connectivity index (χ3v) is 6.62. The van der Waals surface area contributed by atoms with E-state index in [-0.39, 0.29) is 18.4 Å². The van der Waals surface area contributed by atoms with Crippen LogP contribution in [0.2, 0.25) is 0 Å². The van der Waals surface area contributed by atoms with Gasteiger partial charge in [-0.15, -0.1) is 0 Å². The Kier molecular flexibility index (Phi) is 7.51. The average Bonchev–Trinajstić information content (AvgIpc) is 2.98. The van der Waals surface area contributed by atoms with Crippen LogP contribution in [0.15, 0.2) is 34.9 Å². The third kappa shape index (κ3) is 4.64. The van der Waals surface area contributed by atoms with E-state index in [2.05, 4.69) is 0 Å². The van der Waals surface area contributed by atoms with Crippen molar-refractivity contribution in [2.24, 2.45) is 17.8 Å². The number of carbonyl (C=O) groups excluding carboxylic acids is 2. The lowest BCUT2D eigenvalue weighted by atomic mass is 9.68. The van der Waals surface area contributed by atoms with E-state index in [1.165, 1.54) is 17.0 Å². The molecule has 3 rings (SSSR count). The van der Waals surface area contributed by atoms with Crippen LogP contribution in [0.3, 0.4) is 0 Å². The van der Waals surface area contributed by atoms with E-state index < -0.39 is 35.4 Å². The number of hydrogen-bond donors (Lipinski definition) is 3. The van der Waals surface area contributed by atoms with Crippen LogP contribution in [-0.2, 0) is 9.59 Å². The summed E-state index contributed by atoms with van der Waals surface area (Å²) in [7, 11) is 0. The first-order valence-electron chi connectivity index (χ1n) is 11.2. The number of aromatic hydroxyl groups is 1. The van der Waals surface area contributed by atoms with Crippen LogP contribution in [-0.4, -0.2) is 51.3 Å². The number of hydrogen-bond acceptors (Lipinski definition) is 5. The molecule has 1 aromatic rings. The summed E-state index contributed by atoms with van der Waals surface area (Å²) in [5.41, 5.74) is 3.06. The Bertz CT molecular complexity index is 954. The number of allylic oxidation sites excluding steroid dienone is 2. The molecule has 1 aliphatic heterocycles. The number of fused-ring (bicyclic) bond motifs is 1. The molecule has 1 heterocycles. The lowest BCUT2D eigenvalue weighted by Gasteiger charge is -2.35. The van der Waals surface area contributed by atoms with Gasteiger partial charge >= 0.3 is 0 Å². The molecule has 0 bridgehead atoms. The van der Waals surface area contributed by atoms with E-state index in [4.69, 9.17) is 0 Å². The molecule has 6 nitrogen and oxygen atoms in total. The van der Waals surface area contributed by atoms with Gasteiger partial charge in [0.05, 0.1) is 24.5 Å². The maximum Gasteiger partial charge on any atom is 0.233 e. The van der Waals surface area contributed by atoms with E-state index in [1.54, 1.807) is 12.1 Å². The normalized spacial score (nSPS) is 24.9. The molecule has 4 atom stereocenters. The number of aliphatic hydroxyl groups is 2. The van der Waals surface area contributed by atoms with Crippen LogP contribution in [0.4, 0.5) is 4.39 Å². The molecular weight excluding hydrogens is 413 g/mol. The van der Waals surface area contributed by atoms with Gasteiger partial charge in [-0.25, -0.2) is 4.39 Å². The predicted octanol–water partition coefficient (Wildman–Crippen LogP) is 3.42. The average molecular weight is 446 g/mol. The summed E-state index contributed by atoms with van der Waals surface area (Å²) < 4.78 is 13.5. The first kappa shape index (κ1) is 24.1. The lowest BCUT2D eigenvalue weighted by Crippen LogP contribution is -2.38. The van der Waals surface area contributed by atoms with Gasteiger partial charge in [-0.05, 0) is 62.8 Å². The first-order chi connectivity index (χ1) is 15.2. The van der Waals surface area contributed by atoms with E-state index in [1.807, 2.05) is 20.8 Å². The second-order valence-electron chi connectivity index (χ2n) is 8.95. The standard InChI is InChI=1S/C25H32FNO5/c1-4-9-27-24(31)17-11-15(3)22(18(13-28)23(17)25(27)32)21(30)7-5-14(2)10-16-6-8-20(29)19(26)12-16/h6,8,10,12,17-18,21,23,28-30H,4-5,7,9,11,13H2,1-3H3/b14-10+/t17-,18+,21-,23-/m1/s1. The summed E-state index contributed by atoms with van der Waals surface area (Å²) in [5.74, 6) is -3.17. The van der Waals surface area contributed by atoms with Crippen molar-refractivity contribution in [1.29, 1.82) is 0 Å². The van der Waals surface area contributed by atoms with E-state index in [9.17, 15) is 29.3 Å². The van der Waals surface area contributed by atoms with Crippen molar-refractivity contribution in [3.05, 3.63) is 46.3 Å². The van der Waals surface area contributed by atoms with Crippen molar-refractivity contribution in [1.82, 2.24) is 4.90 Å². The Morgan fingerprint density at radius 1 is 1.31 bits per heavy atom. The van der Waals surface area contributed by atoms with Crippen molar-refractivity contribution >= 4 is 17.9 Å². The molecule has 32 heavy (non-hydrogen) atoms. The van der Waals surface area contributed by atoms with Crippen LogP contribution in [0.25, 0.3) is 6.08 Å². The number of halogens is 1. The van der Waals surface area contributed by atoms with Gasteiger partial charge in [0.1, 0.15) is 0 Å². The van der Waals surface area contributed by atoms with Crippen molar-refractivity contribution in [3.63, 3.8) is 0 Å². The first-order valence-corrected chi connectivity index (χ1v) is 11.2. The molecule has 0 aromatic heterocycles. The minimum absolute atomic E-state index is 0.173. The van der Waals surface area contributed by atoms with Gasteiger partial charge in [-0.3, -0.25) is 14.5 Å². The summed E-state index contributed by atoms with van der Waals surface area (Å²) in [4.78, 5) is 27.0. The molecule has 2 amide bonds. The van der Waals surface area contributed by atoms with Crippen LogP contribution in [0.1, 0.15) is 52.0 Å². The fourth-order valence-electron chi connectivity index (χ4n) is 5.12. The third-order valence-electron chi connectivity index (χ3n) is 6.62. The fourth-order valence-corrected chi connectivity index (χ4v) is 5.12. The number of phenols is 1. The van der Waals surface area contributed by atoms with Crippen LogP contribution in [0.5, 0.6) is 5.75 Å². The molecule has 174 valence electrons. The minimum Gasteiger partial charge on any atom is -0.505 e. The molecule has 0 saturated carbocycles. The van der Waals surface area contributed by atoms with Gasteiger partial charge in [0, 0.05) is 12.5 Å². The number of amides is 2. The number of aliphatic hydroxyl groups excluding tert-OH is 2. The molecule has 0 spiro atoms. The predicted molar refractivity (Wildman–Crippen MR) is 119 cm³/mol. The van der Waals surface area contributed by atoms with Gasteiger partial charge in [-0.2, -0.15) is 0 Å². The summed E-state index contributed by atoms with van der Waals surface area (Å²) in [5, 5.41) is 30.4. The second-order valence-corrected chi connectivity index (χ2v) is 8.95. The number of carbonyl (C=O) groups is 2. The molecule has 1 aliphatic carbocycles. The molecule has 2 aliphatic rings. The fraction of sp³-hybridized carbons (Fsp3) is 0.520. The quantitative estimate of drug-likeness (QED) is 0.421. The number of benzene rings is 1. The van der Waals surface area contributed by atoms with Gasteiger partial charge in [-0.1, -0.05) is 30.2 Å². The van der Waals surface area contributed by atoms with E-state index >= 15 is 0 Å². The van der Waals surface area contributed by atoms with E-state index in [0.29, 0.717) is 43.4 Å². The Morgan fingerprint density at radius 2 is 2.03 bits per heavy atom. The van der Waals surface area contributed by atoms with Gasteiger partial charge in [0.2, 0.25) is 11.8 Å². The molecule has 1 saturated heterocycles. The molecule has 1 aromatic carbocycles. The molecule has 0 radical (unpaired) electrons. The minimum atomic E-state index is -0.851. The summed E-state index contributed by atoms with van der Waals surface area (Å²) in [6, 6.07) is 4.15. The highest BCUT2D eigenvalue weighted by Gasteiger charge is 2.53. The molecule has 3 N–H and O–H groups in total. The topological polar surface area (TPSA) is 98.1 Å². The molecular formula is C25H32FNO5. The lowest BCUT2D eigenvalue weighted by molar-refractivity contribution is -0.140. The van der Waals surface area contributed by atoms with Gasteiger partial charge in [0.25, 0.3) is 0 Å². The van der Waals surface area contributed by atoms with Crippen LogP contribution >= 0.6 is 0 Å². The summed E-state index contributed by atoms with van der Waals surface area (Å²) >= 11 is 0. The van der Waals surface area contributed by atoms with E-state index in [0.717, 1.165) is 11.1 Å². The SMILES string of the molecule is CCCN1C(=O)[C@@H]2[C@@H](CC(C)=C([C@H](O)CC/C(C)=C/c3ccc(O)c(F)c3)[C@@H]2CO)C1=O. The van der Waals surface area contributed by atoms with Gasteiger partial charge in [0.15, 0.2) is 11.6 Å². The molecule has 0 unspecified atom stereocenters. The van der Waals surface area contributed by atoms with Crippen molar-refractivity contribution < 1.29 is 29.3 Å². The maximum absolute atomic E-state index is 13.5. The van der Waals surface area contributed by atoms with Crippen molar-refractivity contribution in [2.45, 2.75) is 52.6 Å². The zero-order valence-electron chi connectivity index (χ0n) is 18.8. The Hall–Kier alpha value is -2.51. The van der Waals surface area contributed by atoms with Crippen molar-refractivity contribution in [2.75, 3.05) is 13.2 Å². The second kappa shape index (κ2) is 9.96. The highest BCUT2D eigenvalue weighted by Crippen LogP contribution is 2.46. The van der Waals surface area contributed by atoms with Crippen molar-refractivity contribution in [3.8, 4) is 5.75 Å². The largest absolute Gasteiger partial charge is 0.505 e. The number of imide groups is 1. The molecule has 7 heteroatoms. The van der Waals surface area contributed by atoms with Gasteiger partial charge < -0.3 is 15.3 Å². The Morgan fingerprint density at radius 3 is 2.66 bits per heavy atom. The number of rotatable bonds is 8. The summed E-state index contributed by atoms with van der Waals surface area (Å²) in [6.45, 7) is 5.72.